The van der Waals surface area contributed by atoms with E-state index in [1.807, 2.05) is 18.9 Å². The molecule has 1 aliphatic heterocycles. The smallest absolute Gasteiger partial charge is 0.0663 e. The molecule has 0 aromatic carbocycles. The zero-order valence-electron chi connectivity index (χ0n) is 8.91. The molecule has 1 rings (SSSR count). The monoisotopic (exact) mass is 171 g/mol. The fraction of sp³-hybridized carbons (Fsp3) is 1.00. The summed E-state index contributed by atoms with van der Waals surface area (Å²) in [7, 11) is 0. The van der Waals surface area contributed by atoms with E-state index in [0.29, 0.717) is 12.0 Å². The summed E-state index contributed by atoms with van der Waals surface area (Å²) in [6.45, 7) is 12.4. The van der Waals surface area contributed by atoms with Crippen LogP contribution in [0.2, 0.25) is 0 Å². The summed E-state index contributed by atoms with van der Waals surface area (Å²) in [5.41, 5.74) is 0. The minimum atomic E-state index is 0.492. The van der Waals surface area contributed by atoms with Crippen molar-refractivity contribution in [1.82, 2.24) is 5.01 Å². The molecule has 0 amide bonds. The molecule has 0 spiro atoms. The third kappa shape index (κ3) is 3.69. The van der Waals surface area contributed by atoms with Gasteiger partial charge in [-0.05, 0) is 19.8 Å². The van der Waals surface area contributed by atoms with E-state index in [0.717, 1.165) is 13.1 Å². The normalized spacial score (nSPS) is 22.2. The predicted octanol–water partition coefficient (Wildman–Crippen LogP) is 2.74. The van der Waals surface area contributed by atoms with Gasteiger partial charge in [0.1, 0.15) is 0 Å². The van der Waals surface area contributed by atoms with E-state index in [-0.39, 0.29) is 0 Å². The van der Waals surface area contributed by atoms with E-state index in [2.05, 4.69) is 31.1 Å². The van der Waals surface area contributed by atoms with Crippen molar-refractivity contribution >= 4 is 0 Å². The first-order valence-electron chi connectivity index (χ1n) is 4.84. The minimum absolute atomic E-state index is 0.492. The van der Waals surface area contributed by atoms with Gasteiger partial charge in [-0.15, -0.1) is 0 Å². The van der Waals surface area contributed by atoms with E-state index in [4.69, 9.17) is 0 Å². The van der Waals surface area contributed by atoms with Gasteiger partial charge >= 0.3 is 0 Å². The highest BCUT2D eigenvalue weighted by molar-refractivity contribution is 4.66. The molecule has 0 radical (unpaired) electrons. The van der Waals surface area contributed by atoms with Crippen LogP contribution in [0.3, 0.4) is 0 Å². The number of nitrogens with zero attached hydrogens (tertiary/aromatic N) is 3. The number of hydrogen-bond donors (Lipinski definition) is 0. The van der Waals surface area contributed by atoms with Gasteiger partial charge in [-0.1, -0.05) is 26.0 Å². The molecule has 3 heteroatoms. The van der Waals surface area contributed by atoms with Gasteiger partial charge in [-0.3, -0.25) is 5.01 Å². The molecule has 3 nitrogen and oxygen atoms in total. The van der Waals surface area contributed by atoms with Crippen LogP contribution in [0.4, 0.5) is 0 Å². The Kier molecular flexibility index (Phi) is 5.68. The Balaban J connectivity index is 0.000000561. The third-order valence-corrected chi connectivity index (χ3v) is 1.67. The quantitative estimate of drug-likeness (QED) is 0.596. The molecule has 0 bridgehead atoms. The number of rotatable bonds is 1. The zero-order chi connectivity index (χ0) is 9.56. The van der Waals surface area contributed by atoms with Crippen LogP contribution in [0.1, 0.15) is 34.6 Å². The summed E-state index contributed by atoms with van der Waals surface area (Å²) >= 11 is 0. The first-order valence-corrected chi connectivity index (χ1v) is 4.84. The molecule has 0 fully saturated rings. The second-order valence-corrected chi connectivity index (χ2v) is 3.23. The molecule has 0 N–H and O–H groups in total. The maximum Gasteiger partial charge on any atom is 0.0663 e. The van der Waals surface area contributed by atoms with Gasteiger partial charge in [0, 0.05) is 12.6 Å². The summed E-state index contributed by atoms with van der Waals surface area (Å²) in [4.78, 5) is 0. The fourth-order valence-electron chi connectivity index (χ4n) is 0.985. The van der Waals surface area contributed by atoms with E-state index in [1.165, 1.54) is 0 Å². The van der Waals surface area contributed by atoms with Crippen molar-refractivity contribution in [2.45, 2.75) is 40.7 Å². The molecule has 0 saturated heterocycles. The average Bonchev–Trinajstić information content (AvgIpc) is 2.08. The lowest BCUT2D eigenvalue weighted by Gasteiger charge is -2.27. The van der Waals surface area contributed by atoms with Crippen LogP contribution in [-0.2, 0) is 0 Å². The Morgan fingerprint density at radius 2 is 1.92 bits per heavy atom. The van der Waals surface area contributed by atoms with Crippen molar-refractivity contribution in [3.05, 3.63) is 0 Å². The molecule has 1 atom stereocenters. The predicted molar refractivity (Wildman–Crippen MR) is 52.1 cm³/mol. The van der Waals surface area contributed by atoms with Crippen LogP contribution >= 0.6 is 0 Å². The van der Waals surface area contributed by atoms with Crippen molar-refractivity contribution in [2.24, 2.45) is 16.3 Å². The molecular formula is C9H21N3. The van der Waals surface area contributed by atoms with Gasteiger partial charge in [0.05, 0.1) is 6.54 Å². The maximum atomic E-state index is 4.04. The van der Waals surface area contributed by atoms with Crippen molar-refractivity contribution in [3.63, 3.8) is 0 Å². The van der Waals surface area contributed by atoms with Gasteiger partial charge in [0.25, 0.3) is 0 Å². The van der Waals surface area contributed by atoms with Crippen LogP contribution in [0.25, 0.3) is 0 Å². The molecule has 1 heterocycles. The Hall–Kier alpha value is -0.600. The maximum absolute atomic E-state index is 4.04. The molecule has 0 saturated carbocycles. The fourth-order valence-corrected chi connectivity index (χ4v) is 0.985. The first kappa shape index (κ1) is 11.4. The molecule has 0 aromatic heterocycles. The molecule has 72 valence electrons. The lowest BCUT2D eigenvalue weighted by Crippen LogP contribution is -2.33. The van der Waals surface area contributed by atoms with Gasteiger partial charge in [-0.25, -0.2) is 0 Å². The number of hydrogen-bond acceptors (Lipinski definition) is 3. The van der Waals surface area contributed by atoms with E-state index in [9.17, 15) is 0 Å². The van der Waals surface area contributed by atoms with Crippen LogP contribution < -0.4 is 0 Å². The second kappa shape index (κ2) is 5.98. The molecule has 0 aromatic rings. The Morgan fingerprint density at radius 1 is 1.33 bits per heavy atom. The minimum Gasteiger partial charge on any atom is -0.276 e. The second-order valence-electron chi connectivity index (χ2n) is 3.23. The first-order chi connectivity index (χ1) is 5.70. The largest absolute Gasteiger partial charge is 0.276 e. The lowest BCUT2D eigenvalue weighted by molar-refractivity contribution is 0.161. The van der Waals surface area contributed by atoms with E-state index in [1.54, 1.807) is 0 Å². The van der Waals surface area contributed by atoms with Crippen LogP contribution in [0, 0.1) is 5.92 Å². The summed E-state index contributed by atoms with van der Waals surface area (Å²) in [6.07, 6.45) is 0. The highest BCUT2D eigenvalue weighted by atomic mass is 15.6. The highest BCUT2D eigenvalue weighted by Crippen LogP contribution is 2.10. The van der Waals surface area contributed by atoms with E-state index >= 15 is 0 Å². The van der Waals surface area contributed by atoms with Gasteiger partial charge in [-0.2, -0.15) is 5.11 Å². The summed E-state index contributed by atoms with van der Waals surface area (Å²) in [5, 5.41) is 10.1. The Bertz CT molecular complexity index is 132. The Labute approximate surface area is 75.8 Å². The SMILES string of the molecule is CC.CC1CN=NN(C(C)C)C1. The molecule has 1 unspecified atom stereocenters. The summed E-state index contributed by atoms with van der Waals surface area (Å²) in [6, 6.07) is 0.492. The topological polar surface area (TPSA) is 28.0 Å². The van der Waals surface area contributed by atoms with Crippen molar-refractivity contribution < 1.29 is 0 Å². The molecule has 0 aliphatic carbocycles. The van der Waals surface area contributed by atoms with Crippen molar-refractivity contribution in [3.8, 4) is 0 Å². The summed E-state index contributed by atoms with van der Waals surface area (Å²) < 4.78 is 0. The summed E-state index contributed by atoms with van der Waals surface area (Å²) in [5.74, 6) is 0.667. The van der Waals surface area contributed by atoms with Gasteiger partial charge in [0.2, 0.25) is 0 Å². The average molecular weight is 171 g/mol. The van der Waals surface area contributed by atoms with Gasteiger partial charge in [0.15, 0.2) is 0 Å². The zero-order valence-corrected chi connectivity index (χ0v) is 8.91. The van der Waals surface area contributed by atoms with Crippen LogP contribution in [0.5, 0.6) is 0 Å². The molecule has 1 aliphatic rings. The van der Waals surface area contributed by atoms with E-state index < -0.39 is 0 Å². The van der Waals surface area contributed by atoms with Crippen LogP contribution in [0.15, 0.2) is 10.3 Å². The molecule has 12 heavy (non-hydrogen) atoms. The standard InChI is InChI=1S/C7H15N3.C2H6/c1-6(2)10-5-7(3)4-8-9-10;1-2/h6-7H,4-5H2,1-3H3;1-2H3. The molecular weight excluding hydrogens is 150 g/mol. The third-order valence-electron chi connectivity index (χ3n) is 1.67. The van der Waals surface area contributed by atoms with Crippen molar-refractivity contribution in [1.29, 1.82) is 0 Å². The van der Waals surface area contributed by atoms with Crippen LogP contribution in [-0.4, -0.2) is 24.1 Å². The lowest BCUT2D eigenvalue weighted by atomic mass is 10.1. The van der Waals surface area contributed by atoms with Gasteiger partial charge < -0.3 is 0 Å². The Morgan fingerprint density at radius 3 is 2.25 bits per heavy atom. The highest BCUT2D eigenvalue weighted by Gasteiger charge is 2.14. The van der Waals surface area contributed by atoms with Crippen molar-refractivity contribution in [2.75, 3.05) is 13.1 Å².